The molecular formula is C22H33N5O6S. The predicted octanol–water partition coefficient (Wildman–Crippen LogP) is 3.86. The van der Waals surface area contributed by atoms with Crippen LogP contribution in [0.1, 0.15) is 70.4 Å². The summed E-state index contributed by atoms with van der Waals surface area (Å²) in [6.07, 6.45) is 1.28. The van der Waals surface area contributed by atoms with Gasteiger partial charge in [-0.15, -0.1) is 0 Å². The van der Waals surface area contributed by atoms with Gasteiger partial charge in [-0.2, -0.15) is 5.10 Å². The van der Waals surface area contributed by atoms with E-state index < -0.39 is 32.2 Å². The number of hydrogen-bond acceptors (Lipinski definition) is 7. The fraction of sp³-hybridized carbons (Fsp3) is 0.545. The number of carbonyl (C=O) groups excluding carboxylic acids is 1. The minimum Gasteiger partial charge on any atom is -0.438 e. The Hall–Kier alpha value is -2.99. The Morgan fingerprint density at radius 1 is 1.29 bits per heavy atom. The lowest BCUT2D eigenvalue weighted by atomic mass is 10.1. The average molecular weight is 496 g/mol. The first-order valence-electron chi connectivity index (χ1n) is 11.1. The van der Waals surface area contributed by atoms with Crippen molar-refractivity contribution < 1.29 is 22.9 Å². The summed E-state index contributed by atoms with van der Waals surface area (Å²) < 4.78 is 36.2. The fourth-order valence-corrected chi connectivity index (χ4v) is 4.49. The van der Waals surface area contributed by atoms with Gasteiger partial charge in [0.1, 0.15) is 10.6 Å². The Balaban J connectivity index is 2.67. The topological polar surface area (TPSA) is 145 Å². The van der Waals surface area contributed by atoms with Gasteiger partial charge in [0, 0.05) is 30.3 Å². The number of ether oxygens (including phenoxy) is 1. The van der Waals surface area contributed by atoms with Gasteiger partial charge in [-0.3, -0.25) is 14.9 Å². The predicted molar refractivity (Wildman–Crippen MR) is 128 cm³/mol. The number of benzene rings is 1. The molecule has 1 aromatic heterocycles. The molecule has 0 spiro atoms. The molecular weight excluding hydrogens is 462 g/mol. The van der Waals surface area contributed by atoms with Crippen LogP contribution in [0.5, 0.6) is 11.6 Å². The number of amides is 1. The lowest BCUT2D eigenvalue weighted by molar-refractivity contribution is -0.385. The molecule has 0 bridgehead atoms. The fourth-order valence-electron chi connectivity index (χ4n) is 3.01. The first kappa shape index (κ1) is 27.3. The van der Waals surface area contributed by atoms with Gasteiger partial charge in [0.05, 0.1) is 10.5 Å². The molecule has 1 unspecified atom stereocenters. The van der Waals surface area contributed by atoms with Crippen molar-refractivity contribution in [1.82, 2.24) is 19.8 Å². The quantitative estimate of drug-likeness (QED) is 0.376. The molecule has 0 aliphatic heterocycles. The van der Waals surface area contributed by atoms with Crippen molar-refractivity contribution in [3.63, 3.8) is 0 Å². The SMILES string of the molecule is CCCNC(=O)c1nn(C(C)(C)C)c(Oc2ccc([N+](=O)[O-])cc2S(=O)(=O)NC(C)CC)c1C. The van der Waals surface area contributed by atoms with Crippen molar-refractivity contribution in [2.24, 2.45) is 0 Å². The second-order valence-electron chi connectivity index (χ2n) is 9.04. The summed E-state index contributed by atoms with van der Waals surface area (Å²) in [5, 5.41) is 18.5. The largest absolute Gasteiger partial charge is 0.438 e. The first-order chi connectivity index (χ1) is 15.7. The van der Waals surface area contributed by atoms with Crippen LogP contribution in [-0.2, 0) is 15.6 Å². The highest BCUT2D eigenvalue weighted by Crippen LogP contribution is 2.36. The van der Waals surface area contributed by atoms with Crippen LogP contribution in [0.3, 0.4) is 0 Å². The monoisotopic (exact) mass is 495 g/mol. The average Bonchev–Trinajstić information content (AvgIpc) is 3.08. The third-order valence-corrected chi connectivity index (χ3v) is 6.67. The molecule has 12 heteroatoms. The van der Waals surface area contributed by atoms with Gasteiger partial charge in [-0.05, 0) is 53.5 Å². The second-order valence-corrected chi connectivity index (χ2v) is 10.7. The molecule has 0 saturated heterocycles. The molecule has 0 radical (unpaired) electrons. The van der Waals surface area contributed by atoms with E-state index in [1.54, 1.807) is 13.8 Å². The highest BCUT2D eigenvalue weighted by atomic mass is 32.2. The van der Waals surface area contributed by atoms with Crippen LogP contribution >= 0.6 is 0 Å². The molecule has 1 amide bonds. The van der Waals surface area contributed by atoms with Crippen molar-refractivity contribution in [2.45, 2.75) is 77.8 Å². The van der Waals surface area contributed by atoms with Crippen LogP contribution in [0.2, 0.25) is 0 Å². The third kappa shape index (κ3) is 6.11. The van der Waals surface area contributed by atoms with Gasteiger partial charge in [0.25, 0.3) is 11.6 Å². The Labute approximate surface area is 200 Å². The van der Waals surface area contributed by atoms with Gasteiger partial charge >= 0.3 is 0 Å². The zero-order valence-electron chi connectivity index (χ0n) is 20.6. The number of hydrogen-bond donors (Lipinski definition) is 2. The molecule has 0 fully saturated rings. The number of rotatable bonds is 10. The molecule has 1 aromatic carbocycles. The highest BCUT2D eigenvalue weighted by molar-refractivity contribution is 7.89. The summed E-state index contributed by atoms with van der Waals surface area (Å²) in [6.45, 7) is 13.1. The maximum absolute atomic E-state index is 13.1. The molecule has 34 heavy (non-hydrogen) atoms. The summed E-state index contributed by atoms with van der Waals surface area (Å²) in [5.41, 5.74) is -0.432. The lowest BCUT2D eigenvalue weighted by Crippen LogP contribution is -2.32. The van der Waals surface area contributed by atoms with Gasteiger partial charge in [-0.1, -0.05) is 13.8 Å². The summed E-state index contributed by atoms with van der Waals surface area (Å²) >= 11 is 0. The van der Waals surface area contributed by atoms with Gasteiger partial charge < -0.3 is 10.1 Å². The van der Waals surface area contributed by atoms with Crippen LogP contribution in [0, 0.1) is 17.0 Å². The minimum atomic E-state index is -4.15. The minimum absolute atomic E-state index is 0.115. The number of sulfonamides is 1. The maximum Gasteiger partial charge on any atom is 0.272 e. The molecule has 0 aliphatic carbocycles. The van der Waals surface area contributed by atoms with Crippen LogP contribution in [-0.4, -0.2) is 41.6 Å². The first-order valence-corrected chi connectivity index (χ1v) is 12.6. The zero-order chi connectivity index (χ0) is 25.8. The third-order valence-electron chi connectivity index (χ3n) is 5.06. The normalized spacial score (nSPS) is 12.9. The van der Waals surface area contributed by atoms with E-state index >= 15 is 0 Å². The van der Waals surface area contributed by atoms with E-state index in [0.717, 1.165) is 12.5 Å². The maximum atomic E-state index is 13.1. The summed E-state index contributed by atoms with van der Waals surface area (Å²) in [5.74, 6) is -0.319. The molecule has 2 rings (SSSR count). The lowest BCUT2D eigenvalue weighted by Gasteiger charge is -2.23. The number of carbonyl (C=O) groups is 1. The van der Waals surface area contributed by atoms with Crippen LogP contribution in [0.25, 0.3) is 0 Å². The molecule has 188 valence electrons. The van der Waals surface area contributed by atoms with E-state index in [9.17, 15) is 23.3 Å². The van der Waals surface area contributed by atoms with Gasteiger partial charge in [0.15, 0.2) is 5.69 Å². The second kappa shape index (κ2) is 10.5. The number of nitro groups is 1. The number of non-ortho nitro benzene ring substituents is 1. The van der Waals surface area contributed by atoms with E-state index in [1.807, 2.05) is 34.6 Å². The Bertz CT molecular complexity index is 1170. The van der Waals surface area contributed by atoms with Crippen molar-refractivity contribution >= 4 is 21.6 Å². The summed E-state index contributed by atoms with van der Waals surface area (Å²) in [7, 11) is -4.15. The summed E-state index contributed by atoms with van der Waals surface area (Å²) in [4.78, 5) is 22.9. The van der Waals surface area contributed by atoms with Gasteiger partial charge in [-0.25, -0.2) is 17.8 Å². The number of nitrogens with one attached hydrogen (secondary N) is 2. The van der Waals surface area contributed by atoms with E-state index in [1.165, 1.54) is 16.8 Å². The van der Waals surface area contributed by atoms with E-state index in [2.05, 4.69) is 15.1 Å². The Kier molecular flexibility index (Phi) is 8.43. The smallest absolute Gasteiger partial charge is 0.272 e. The molecule has 2 N–H and O–H groups in total. The van der Waals surface area contributed by atoms with E-state index in [4.69, 9.17) is 4.74 Å². The zero-order valence-corrected chi connectivity index (χ0v) is 21.4. The summed E-state index contributed by atoms with van der Waals surface area (Å²) in [6, 6.07) is 2.97. The molecule has 11 nitrogen and oxygen atoms in total. The van der Waals surface area contributed by atoms with Crippen LogP contribution in [0.4, 0.5) is 5.69 Å². The van der Waals surface area contributed by atoms with E-state index in [0.29, 0.717) is 18.5 Å². The number of aromatic nitrogens is 2. The Morgan fingerprint density at radius 3 is 2.47 bits per heavy atom. The van der Waals surface area contributed by atoms with Crippen molar-refractivity contribution in [2.75, 3.05) is 6.54 Å². The number of nitrogens with zero attached hydrogens (tertiary/aromatic N) is 3. The molecule has 0 saturated carbocycles. The van der Waals surface area contributed by atoms with Crippen molar-refractivity contribution in [3.8, 4) is 11.6 Å². The van der Waals surface area contributed by atoms with E-state index in [-0.39, 0.29) is 28.1 Å². The van der Waals surface area contributed by atoms with Crippen molar-refractivity contribution in [3.05, 3.63) is 39.6 Å². The standard InChI is InChI=1S/C22H33N5O6S/c1-8-12-23-20(28)19-15(4)21(26(24-19)22(5,6)7)33-17-11-10-16(27(29)30)13-18(17)34(31,32)25-14(3)9-2/h10-11,13-14,25H,8-9,12H2,1-7H3,(H,23,28). The number of nitro benzene ring substituents is 1. The van der Waals surface area contributed by atoms with Gasteiger partial charge in [0.2, 0.25) is 15.9 Å². The molecule has 1 heterocycles. The molecule has 0 aliphatic rings. The van der Waals surface area contributed by atoms with Crippen molar-refractivity contribution in [1.29, 1.82) is 0 Å². The molecule has 1 atom stereocenters. The highest BCUT2D eigenvalue weighted by Gasteiger charge is 2.30. The Morgan fingerprint density at radius 2 is 1.94 bits per heavy atom. The van der Waals surface area contributed by atoms with Crippen LogP contribution in [0.15, 0.2) is 23.1 Å². The molecule has 2 aromatic rings. The van der Waals surface area contributed by atoms with Crippen LogP contribution < -0.4 is 14.8 Å².